The Morgan fingerprint density at radius 2 is 2.04 bits per heavy atom. The van der Waals surface area contributed by atoms with E-state index in [1.165, 1.54) is 25.5 Å². The van der Waals surface area contributed by atoms with Crippen LogP contribution in [0.1, 0.15) is 49.4 Å². The van der Waals surface area contributed by atoms with Crippen molar-refractivity contribution in [2.45, 2.75) is 51.6 Å². The SMILES string of the molecule is CCn1ncc2c(NC3CCCCC3)c(C(=O)NCC(N)=O)cnc21. The summed E-state index contributed by atoms with van der Waals surface area (Å²) in [6, 6.07) is 0.326. The highest BCUT2D eigenvalue weighted by molar-refractivity contribution is 6.07. The van der Waals surface area contributed by atoms with Gasteiger partial charge in [0.05, 0.1) is 29.4 Å². The molecule has 1 fully saturated rings. The molecular formula is C17H24N6O2. The summed E-state index contributed by atoms with van der Waals surface area (Å²) in [4.78, 5) is 27.9. The number of primary amides is 1. The lowest BCUT2D eigenvalue weighted by molar-refractivity contribution is -0.117. The topological polar surface area (TPSA) is 115 Å². The molecule has 0 saturated heterocycles. The molecule has 0 aliphatic heterocycles. The number of carbonyl (C=O) groups excluding carboxylic acids is 2. The number of carbonyl (C=O) groups is 2. The molecule has 0 aromatic carbocycles. The Morgan fingerprint density at radius 3 is 2.72 bits per heavy atom. The van der Waals surface area contributed by atoms with Crippen LogP contribution in [0.2, 0.25) is 0 Å². The van der Waals surface area contributed by atoms with E-state index in [2.05, 4.69) is 20.7 Å². The summed E-state index contributed by atoms with van der Waals surface area (Å²) in [7, 11) is 0. The molecule has 25 heavy (non-hydrogen) atoms. The van der Waals surface area contributed by atoms with Gasteiger partial charge in [-0.25, -0.2) is 9.67 Å². The average molecular weight is 344 g/mol. The molecule has 1 aliphatic rings. The molecule has 0 radical (unpaired) electrons. The standard InChI is InChI=1S/C17H24N6O2/c1-2-23-16-12(9-21-23)15(22-11-6-4-3-5-7-11)13(8-19-16)17(25)20-10-14(18)24/h8-9,11H,2-7,10H2,1H3,(H2,18,24)(H,19,22)(H,20,25). The van der Waals surface area contributed by atoms with Gasteiger partial charge in [-0.05, 0) is 19.8 Å². The summed E-state index contributed by atoms with van der Waals surface area (Å²) in [5.74, 6) is -0.946. The van der Waals surface area contributed by atoms with E-state index in [4.69, 9.17) is 5.73 Å². The normalized spacial score (nSPS) is 15.2. The molecule has 4 N–H and O–H groups in total. The van der Waals surface area contributed by atoms with Crippen LogP contribution < -0.4 is 16.4 Å². The Labute approximate surface area is 146 Å². The largest absolute Gasteiger partial charge is 0.381 e. The van der Waals surface area contributed by atoms with Gasteiger partial charge in [0.1, 0.15) is 0 Å². The fourth-order valence-corrected chi connectivity index (χ4v) is 3.30. The van der Waals surface area contributed by atoms with Gasteiger partial charge in [-0.1, -0.05) is 19.3 Å². The minimum absolute atomic E-state index is 0.200. The third kappa shape index (κ3) is 3.72. The van der Waals surface area contributed by atoms with Crippen molar-refractivity contribution in [1.82, 2.24) is 20.1 Å². The number of hydrogen-bond donors (Lipinski definition) is 3. The Morgan fingerprint density at radius 1 is 1.28 bits per heavy atom. The maximum atomic E-state index is 12.5. The summed E-state index contributed by atoms with van der Waals surface area (Å²) in [5, 5.41) is 11.2. The van der Waals surface area contributed by atoms with E-state index in [9.17, 15) is 9.59 Å². The van der Waals surface area contributed by atoms with E-state index in [0.29, 0.717) is 18.2 Å². The van der Waals surface area contributed by atoms with Gasteiger partial charge in [-0.3, -0.25) is 9.59 Å². The van der Waals surface area contributed by atoms with E-state index in [1.54, 1.807) is 10.9 Å². The van der Waals surface area contributed by atoms with Gasteiger partial charge in [0, 0.05) is 18.8 Å². The zero-order valence-electron chi connectivity index (χ0n) is 14.4. The Bertz CT molecular complexity index is 779. The molecule has 0 atom stereocenters. The minimum atomic E-state index is -0.581. The van der Waals surface area contributed by atoms with Gasteiger partial charge in [0.25, 0.3) is 5.91 Å². The van der Waals surface area contributed by atoms with Crippen LogP contribution >= 0.6 is 0 Å². The van der Waals surface area contributed by atoms with Gasteiger partial charge in [0.15, 0.2) is 5.65 Å². The summed E-state index contributed by atoms with van der Waals surface area (Å²) < 4.78 is 1.80. The Balaban J connectivity index is 1.97. The maximum Gasteiger partial charge on any atom is 0.255 e. The fourth-order valence-electron chi connectivity index (χ4n) is 3.30. The molecule has 3 rings (SSSR count). The maximum absolute atomic E-state index is 12.5. The molecule has 2 amide bonds. The summed E-state index contributed by atoms with van der Waals surface area (Å²) in [6.07, 6.45) is 9.05. The molecule has 2 aromatic heterocycles. The predicted molar refractivity (Wildman–Crippen MR) is 95.2 cm³/mol. The minimum Gasteiger partial charge on any atom is -0.381 e. The number of fused-ring (bicyclic) bond motifs is 1. The lowest BCUT2D eigenvalue weighted by Crippen LogP contribution is -2.34. The number of pyridine rings is 1. The zero-order valence-corrected chi connectivity index (χ0v) is 14.4. The molecule has 2 aromatic rings. The number of aryl methyl sites for hydroxylation is 1. The molecule has 1 saturated carbocycles. The number of hydrogen-bond acceptors (Lipinski definition) is 5. The number of anilines is 1. The number of rotatable bonds is 6. The van der Waals surface area contributed by atoms with Crippen molar-refractivity contribution >= 4 is 28.5 Å². The predicted octanol–water partition coefficient (Wildman–Crippen LogP) is 1.41. The highest BCUT2D eigenvalue weighted by Crippen LogP contribution is 2.29. The summed E-state index contributed by atoms with van der Waals surface area (Å²) in [6.45, 7) is 2.50. The number of nitrogens with one attached hydrogen (secondary N) is 2. The average Bonchev–Trinajstić information content (AvgIpc) is 3.04. The smallest absolute Gasteiger partial charge is 0.255 e. The van der Waals surface area contributed by atoms with Gasteiger partial charge in [-0.2, -0.15) is 5.10 Å². The highest BCUT2D eigenvalue weighted by Gasteiger charge is 2.21. The van der Waals surface area contributed by atoms with Gasteiger partial charge in [0.2, 0.25) is 5.91 Å². The van der Waals surface area contributed by atoms with Crippen LogP contribution in [0.4, 0.5) is 5.69 Å². The Kier molecular flexibility index (Phi) is 5.16. The van der Waals surface area contributed by atoms with Crippen molar-refractivity contribution in [3.63, 3.8) is 0 Å². The first-order valence-electron chi connectivity index (χ1n) is 8.77. The van der Waals surface area contributed by atoms with Crippen LogP contribution in [-0.2, 0) is 11.3 Å². The van der Waals surface area contributed by atoms with E-state index < -0.39 is 5.91 Å². The first-order valence-corrected chi connectivity index (χ1v) is 8.77. The first-order chi connectivity index (χ1) is 12.1. The number of nitrogens with zero attached hydrogens (tertiary/aromatic N) is 3. The van der Waals surface area contributed by atoms with Gasteiger partial charge >= 0.3 is 0 Å². The van der Waals surface area contributed by atoms with Crippen LogP contribution in [-0.4, -0.2) is 39.2 Å². The molecule has 2 heterocycles. The second kappa shape index (κ2) is 7.50. The fraction of sp³-hybridized carbons (Fsp3) is 0.529. The lowest BCUT2D eigenvalue weighted by atomic mass is 9.95. The van der Waals surface area contributed by atoms with Gasteiger partial charge in [-0.15, -0.1) is 0 Å². The first kappa shape index (κ1) is 17.2. The van der Waals surface area contributed by atoms with E-state index in [-0.39, 0.29) is 12.5 Å². The number of amides is 2. The monoisotopic (exact) mass is 344 g/mol. The van der Waals surface area contributed by atoms with Crippen molar-refractivity contribution in [3.8, 4) is 0 Å². The van der Waals surface area contributed by atoms with E-state index in [0.717, 1.165) is 29.6 Å². The van der Waals surface area contributed by atoms with Crippen molar-refractivity contribution in [2.24, 2.45) is 5.73 Å². The van der Waals surface area contributed by atoms with Crippen LogP contribution in [0.3, 0.4) is 0 Å². The quantitative estimate of drug-likeness (QED) is 0.733. The summed E-state index contributed by atoms with van der Waals surface area (Å²) >= 11 is 0. The molecule has 0 unspecified atom stereocenters. The molecule has 0 bridgehead atoms. The number of nitrogens with two attached hydrogens (primary N) is 1. The molecule has 1 aliphatic carbocycles. The van der Waals surface area contributed by atoms with E-state index in [1.807, 2.05) is 6.92 Å². The second-order valence-electron chi connectivity index (χ2n) is 6.37. The third-order valence-electron chi connectivity index (χ3n) is 4.59. The molecule has 0 spiro atoms. The van der Waals surface area contributed by atoms with Crippen LogP contribution in [0.25, 0.3) is 11.0 Å². The van der Waals surface area contributed by atoms with Crippen LogP contribution in [0, 0.1) is 0 Å². The van der Waals surface area contributed by atoms with Crippen LogP contribution in [0.15, 0.2) is 12.4 Å². The van der Waals surface area contributed by atoms with Crippen LogP contribution in [0.5, 0.6) is 0 Å². The molecular weight excluding hydrogens is 320 g/mol. The Hall–Kier alpha value is -2.64. The lowest BCUT2D eigenvalue weighted by Gasteiger charge is -2.25. The van der Waals surface area contributed by atoms with Crippen molar-refractivity contribution in [3.05, 3.63) is 18.0 Å². The zero-order chi connectivity index (χ0) is 17.8. The molecule has 8 nitrogen and oxygen atoms in total. The molecule has 8 heteroatoms. The van der Waals surface area contributed by atoms with Crippen molar-refractivity contribution < 1.29 is 9.59 Å². The summed E-state index contributed by atoms with van der Waals surface area (Å²) in [5.41, 5.74) is 7.01. The van der Waals surface area contributed by atoms with Crippen molar-refractivity contribution in [2.75, 3.05) is 11.9 Å². The molecule has 134 valence electrons. The second-order valence-corrected chi connectivity index (χ2v) is 6.37. The third-order valence-corrected chi connectivity index (χ3v) is 4.59. The number of aromatic nitrogens is 3. The van der Waals surface area contributed by atoms with Gasteiger partial charge < -0.3 is 16.4 Å². The highest BCUT2D eigenvalue weighted by atomic mass is 16.2. The van der Waals surface area contributed by atoms with Crippen molar-refractivity contribution in [1.29, 1.82) is 0 Å². The van der Waals surface area contributed by atoms with E-state index >= 15 is 0 Å².